The van der Waals surface area contributed by atoms with E-state index in [0.717, 1.165) is 16.8 Å². The average molecular weight is 460 g/mol. The fraction of sp³-hybridized carbons (Fsp3) is 0.269. The summed E-state index contributed by atoms with van der Waals surface area (Å²) in [6.07, 6.45) is 1.60. The summed E-state index contributed by atoms with van der Waals surface area (Å²) >= 11 is 0. The molecule has 0 fully saturated rings. The molecule has 0 saturated heterocycles. The monoisotopic (exact) mass is 459 g/mol. The standard InChI is InChI=1S/C26H26FN3O2Si/c1-6-32-26(31)24-25-17(2)29-23(19-9-7-8-10-21(19)27)20-15-18(13-14-33(3,4)5)11-12-22(20)30(25)16-28-24/h7-12,15-17H,6H2,1-5H3/t17-/m0/s1. The van der Waals surface area contributed by atoms with Gasteiger partial charge in [0.1, 0.15) is 20.2 Å². The Labute approximate surface area is 194 Å². The lowest BCUT2D eigenvalue weighted by Gasteiger charge is -2.13. The molecule has 1 aromatic heterocycles. The first kappa shape index (κ1) is 22.7. The number of fused-ring (bicyclic) bond motifs is 3. The topological polar surface area (TPSA) is 56.5 Å². The van der Waals surface area contributed by atoms with Crippen LogP contribution < -0.4 is 0 Å². The highest BCUT2D eigenvalue weighted by Gasteiger charge is 2.30. The molecule has 1 atom stereocenters. The lowest BCUT2D eigenvalue weighted by Crippen LogP contribution is -2.16. The summed E-state index contributed by atoms with van der Waals surface area (Å²) in [4.78, 5) is 21.8. The third-order valence-corrected chi connectivity index (χ3v) is 6.09. The van der Waals surface area contributed by atoms with Crippen LogP contribution in [0.1, 0.15) is 52.8 Å². The van der Waals surface area contributed by atoms with Gasteiger partial charge < -0.3 is 4.74 Å². The summed E-state index contributed by atoms with van der Waals surface area (Å²) < 4.78 is 22.0. The van der Waals surface area contributed by atoms with E-state index < -0.39 is 20.1 Å². The summed E-state index contributed by atoms with van der Waals surface area (Å²) in [6.45, 7) is 10.4. The fourth-order valence-corrected chi connectivity index (χ4v) is 4.29. The Morgan fingerprint density at radius 2 is 1.94 bits per heavy atom. The first-order chi connectivity index (χ1) is 15.7. The van der Waals surface area contributed by atoms with Gasteiger partial charge in [-0.2, -0.15) is 0 Å². The normalized spacial score (nSPS) is 14.8. The summed E-state index contributed by atoms with van der Waals surface area (Å²) in [7, 11) is -1.58. The van der Waals surface area contributed by atoms with Crippen LogP contribution in [0.3, 0.4) is 0 Å². The number of nitrogens with zero attached hydrogens (tertiary/aromatic N) is 3. The summed E-state index contributed by atoms with van der Waals surface area (Å²) in [5.41, 5.74) is 7.47. The lowest BCUT2D eigenvalue weighted by molar-refractivity contribution is 0.0518. The SMILES string of the molecule is CCOC(=O)c1ncn2c1[C@H](C)N=C(c1ccccc1F)c1cc(C#C[Si](C)(C)C)ccc1-2. The molecule has 1 aliphatic heterocycles. The number of hydrogen-bond acceptors (Lipinski definition) is 4. The number of esters is 1. The van der Waals surface area contributed by atoms with Gasteiger partial charge in [0, 0.05) is 16.7 Å². The Bertz CT molecular complexity index is 1330. The zero-order valence-corrected chi connectivity index (χ0v) is 20.4. The van der Waals surface area contributed by atoms with Gasteiger partial charge in [0.05, 0.1) is 29.7 Å². The van der Waals surface area contributed by atoms with Crippen LogP contribution in [0.5, 0.6) is 0 Å². The number of benzene rings is 2. The number of aromatic nitrogens is 2. The summed E-state index contributed by atoms with van der Waals surface area (Å²) in [5, 5.41) is 0. The average Bonchev–Trinajstić information content (AvgIpc) is 3.17. The maximum absolute atomic E-state index is 14.9. The van der Waals surface area contributed by atoms with E-state index in [1.54, 1.807) is 31.5 Å². The van der Waals surface area contributed by atoms with Crippen molar-refractivity contribution in [3.63, 3.8) is 0 Å². The number of carbonyl (C=O) groups excluding carboxylic acids is 1. The molecule has 3 aromatic rings. The van der Waals surface area contributed by atoms with Crippen molar-refractivity contribution < 1.29 is 13.9 Å². The maximum Gasteiger partial charge on any atom is 0.358 e. The Balaban J connectivity index is 1.98. The van der Waals surface area contributed by atoms with E-state index in [9.17, 15) is 9.18 Å². The first-order valence-electron chi connectivity index (χ1n) is 10.9. The molecule has 0 N–H and O–H groups in total. The second-order valence-electron chi connectivity index (χ2n) is 8.93. The van der Waals surface area contributed by atoms with Crippen LogP contribution in [0, 0.1) is 17.3 Å². The van der Waals surface area contributed by atoms with Crippen molar-refractivity contribution in [1.82, 2.24) is 9.55 Å². The molecule has 0 aliphatic carbocycles. The van der Waals surface area contributed by atoms with Crippen LogP contribution in [0.15, 0.2) is 53.8 Å². The van der Waals surface area contributed by atoms with Crippen molar-refractivity contribution >= 4 is 19.8 Å². The second kappa shape index (κ2) is 8.79. The Hall–Kier alpha value is -3.50. The predicted molar refractivity (Wildman–Crippen MR) is 130 cm³/mol. The van der Waals surface area contributed by atoms with E-state index in [0.29, 0.717) is 17.0 Å². The molecule has 0 bridgehead atoms. The van der Waals surface area contributed by atoms with Crippen molar-refractivity contribution in [2.45, 2.75) is 39.5 Å². The minimum Gasteiger partial charge on any atom is -0.461 e. The van der Waals surface area contributed by atoms with Crippen LogP contribution in [0.2, 0.25) is 19.6 Å². The Morgan fingerprint density at radius 1 is 1.18 bits per heavy atom. The van der Waals surface area contributed by atoms with Crippen LogP contribution in [0.25, 0.3) is 5.69 Å². The molecule has 2 aromatic carbocycles. The van der Waals surface area contributed by atoms with Crippen LogP contribution in [-0.4, -0.2) is 35.9 Å². The Kier molecular flexibility index (Phi) is 6.04. The number of hydrogen-bond donors (Lipinski definition) is 0. The van der Waals surface area contributed by atoms with Crippen molar-refractivity contribution in [2.24, 2.45) is 4.99 Å². The molecule has 2 heterocycles. The number of rotatable bonds is 3. The molecular formula is C26H26FN3O2Si. The third kappa shape index (κ3) is 4.52. The molecule has 0 saturated carbocycles. The molecule has 0 spiro atoms. The Morgan fingerprint density at radius 3 is 2.64 bits per heavy atom. The minimum absolute atomic E-state index is 0.219. The van der Waals surface area contributed by atoms with Gasteiger partial charge in [0.2, 0.25) is 0 Å². The quantitative estimate of drug-likeness (QED) is 0.302. The zero-order valence-electron chi connectivity index (χ0n) is 19.4. The molecular weight excluding hydrogens is 433 g/mol. The van der Waals surface area contributed by atoms with Crippen LogP contribution >= 0.6 is 0 Å². The smallest absolute Gasteiger partial charge is 0.358 e. The molecule has 1 aliphatic rings. The first-order valence-corrected chi connectivity index (χ1v) is 14.4. The van der Waals surface area contributed by atoms with Gasteiger partial charge in [-0.15, -0.1) is 5.54 Å². The van der Waals surface area contributed by atoms with E-state index in [4.69, 9.17) is 9.73 Å². The largest absolute Gasteiger partial charge is 0.461 e. The predicted octanol–water partition coefficient (Wildman–Crippen LogP) is 5.33. The zero-order chi connectivity index (χ0) is 23.8. The minimum atomic E-state index is -1.58. The number of ether oxygens (including phenoxy) is 1. The number of imidazole rings is 1. The second-order valence-corrected chi connectivity index (χ2v) is 13.7. The summed E-state index contributed by atoms with van der Waals surface area (Å²) in [6, 6.07) is 11.9. The van der Waals surface area contributed by atoms with Gasteiger partial charge in [-0.25, -0.2) is 14.2 Å². The molecule has 0 amide bonds. The molecule has 5 nitrogen and oxygen atoms in total. The van der Waals surface area contributed by atoms with E-state index in [1.165, 1.54) is 6.07 Å². The lowest BCUT2D eigenvalue weighted by atomic mass is 9.98. The van der Waals surface area contributed by atoms with Gasteiger partial charge in [-0.05, 0) is 44.2 Å². The number of halogens is 1. The molecule has 4 rings (SSSR count). The van der Waals surface area contributed by atoms with Crippen molar-refractivity contribution in [3.05, 3.63) is 82.7 Å². The summed E-state index contributed by atoms with van der Waals surface area (Å²) in [5.74, 6) is 2.42. The molecule has 0 unspecified atom stereocenters. The highest BCUT2D eigenvalue weighted by molar-refractivity contribution is 6.83. The highest BCUT2D eigenvalue weighted by Crippen LogP contribution is 2.33. The number of carbonyl (C=O) groups is 1. The van der Waals surface area contributed by atoms with E-state index >= 15 is 0 Å². The van der Waals surface area contributed by atoms with Crippen molar-refractivity contribution in [3.8, 4) is 17.2 Å². The van der Waals surface area contributed by atoms with E-state index in [2.05, 4.69) is 36.1 Å². The van der Waals surface area contributed by atoms with Crippen molar-refractivity contribution in [1.29, 1.82) is 0 Å². The molecule has 168 valence electrons. The fourth-order valence-electron chi connectivity index (χ4n) is 3.77. The number of aliphatic imine (C=N–C) groups is 1. The molecule has 7 heteroatoms. The van der Waals surface area contributed by atoms with Gasteiger partial charge in [0.15, 0.2) is 5.69 Å². The van der Waals surface area contributed by atoms with Gasteiger partial charge in [-0.3, -0.25) is 9.56 Å². The van der Waals surface area contributed by atoms with Gasteiger partial charge in [0.25, 0.3) is 0 Å². The third-order valence-electron chi connectivity index (χ3n) is 5.21. The highest BCUT2D eigenvalue weighted by atomic mass is 28.3. The van der Waals surface area contributed by atoms with Crippen LogP contribution in [-0.2, 0) is 4.74 Å². The maximum atomic E-state index is 14.9. The van der Waals surface area contributed by atoms with E-state index in [1.807, 2.05) is 29.7 Å². The van der Waals surface area contributed by atoms with Gasteiger partial charge >= 0.3 is 5.97 Å². The molecule has 0 radical (unpaired) electrons. The van der Waals surface area contributed by atoms with Crippen molar-refractivity contribution in [2.75, 3.05) is 6.61 Å². The van der Waals surface area contributed by atoms with E-state index in [-0.39, 0.29) is 18.1 Å². The van der Waals surface area contributed by atoms with Crippen LogP contribution in [0.4, 0.5) is 4.39 Å². The molecule has 33 heavy (non-hydrogen) atoms. The van der Waals surface area contributed by atoms with Gasteiger partial charge in [-0.1, -0.05) is 37.7 Å².